The minimum absolute atomic E-state index is 0.131. The number of nitrogens with zero attached hydrogens (tertiary/aromatic N) is 3. The number of esters is 5. The summed E-state index contributed by atoms with van der Waals surface area (Å²) in [6, 6.07) is 4.85. The van der Waals surface area contributed by atoms with Gasteiger partial charge in [0, 0.05) is 44.1 Å². The minimum atomic E-state index is -2.57. The molecule has 0 saturated carbocycles. The zero-order chi connectivity index (χ0) is 35.3. The Morgan fingerprint density at radius 3 is 2.17 bits per heavy atom. The van der Waals surface area contributed by atoms with E-state index in [1.165, 1.54) is 0 Å². The Kier molecular flexibility index (Phi) is 14.4. The van der Waals surface area contributed by atoms with E-state index in [4.69, 9.17) is 40.0 Å². The molecule has 0 unspecified atom stereocenters. The number of ether oxygens (including phenoxy) is 6. The lowest BCUT2D eigenvalue weighted by molar-refractivity contribution is -0.238. The molecule has 2 rings (SSSR count). The molecule has 2 N–H and O–H groups in total. The molecule has 0 bridgehead atoms. The number of rotatable bonds is 14. The van der Waals surface area contributed by atoms with E-state index in [0.29, 0.717) is 10.6 Å². The van der Waals surface area contributed by atoms with Crippen LogP contribution < -0.4 is 10.6 Å². The third-order valence-electron chi connectivity index (χ3n) is 6.41. The van der Waals surface area contributed by atoms with Gasteiger partial charge in [0.05, 0.1) is 26.1 Å². The highest BCUT2D eigenvalue weighted by Gasteiger charge is 2.58. The average Bonchev–Trinajstić information content (AvgIpc) is 2.98. The van der Waals surface area contributed by atoms with Gasteiger partial charge in [-0.05, 0) is 28.3 Å². The Labute approximate surface area is 273 Å². The highest BCUT2D eigenvalue weighted by atomic mass is 35.5. The highest BCUT2D eigenvalue weighted by Crippen LogP contribution is 2.37. The fourth-order valence-corrected chi connectivity index (χ4v) is 4.77. The quantitative estimate of drug-likeness (QED) is 0.0907. The van der Waals surface area contributed by atoms with E-state index < -0.39 is 97.4 Å². The summed E-state index contributed by atoms with van der Waals surface area (Å²) in [5, 5.41) is 8.91. The van der Waals surface area contributed by atoms with Crippen LogP contribution in [-0.4, -0.2) is 98.1 Å². The molecule has 1 aromatic rings. The average molecular weight is 684 g/mol. The molecular formula is C28H34ClN5O13. The van der Waals surface area contributed by atoms with Gasteiger partial charge in [-0.15, -0.1) is 0 Å². The maximum absolute atomic E-state index is 13.0. The summed E-state index contributed by atoms with van der Waals surface area (Å²) >= 11 is 5.90. The van der Waals surface area contributed by atoms with Crippen molar-refractivity contribution in [1.29, 1.82) is 0 Å². The first kappa shape index (κ1) is 38.3. The molecule has 1 aliphatic heterocycles. The van der Waals surface area contributed by atoms with Crippen LogP contribution in [0.3, 0.4) is 0 Å². The van der Waals surface area contributed by atoms with Gasteiger partial charge in [-0.3, -0.25) is 28.8 Å². The third-order valence-corrected chi connectivity index (χ3v) is 6.67. The molecule has 19 heteroatoms. The number of hydrogen-bond donors (Lipinski definition) is 2. The summed E-state index contributed by atoms with van der Waals surface area (Å²) in [7, 11) is 0.949. The highest BCUT2D eigenvalue weighted by molar-refractivity contribution is 6.30. The Bertz CT molecular complexity index is 1400. The monoisotopic (exact) mass is 683 g/mol. The van der Waals surface area contributed by atoms with Gasteiger partial charge in [-0.2, -0.15) is 0 Å². The Morgan fingerprint density at radius 1 is 1.00 bits per heavy atom. The second-order valence-corrected chi connectivity index (χ2v) is 10.5. The number of benzene rings is 1. The minimum Gasteiger partial charge on any atom is -0.467 e. The van der Waals surface area contributed by atoms with E-state index in [1.54, 1.807) is 24.3 Å². The number of hydrogen-bond acceptors (Lipinski definition) is 14. The molecule has 0 spiro atoms. The lowest BCUT2D eigenvalue weighted by atomic mass is 9.87. The van der Waals surface area contributed by atoms with Gasteiger partial charge >= 0.3 is 29.8 Å². The smallest absolute Gasteiger partial charge is 0.344 e. The van der Waals surface area contributed by atoms with Crippen molar-refractivity contribution < 1.29 is 62.0 Å². The number of carbonyl (C=O) groups is 7. The number of amides is 2. The lowest BCUT2D eigenvalue weighted by Gasteiger charge is -2.47. The first-order chi connectivity index (χ1) is 22.1. The van der Waals surface area contributed by atoms with Crippen LogP contribution in [0.4, 0.5) is 0 Å². The summed E-state index contributed by atoms with van der Waals surface area (Å²) in [4.78, 5) is 89.5. The lowest BCUT2D eigenvalue weighted by Crippen LogP contribution is -2.68. The molecule has 1 aromatic carbocycles. The summed E-state index contributed by atoms with van der Waals surface area (Å²) in [6.45, 7) is 2.75. The number of nitrogens with one attached hydrogen (secondary N) is 2. The van der Waals surface area contributed by atoms with Crippen molar-refractivity contribution in [3.8, 4) is 0 Å². The largest absolute Gasteiger partial charge is 0.467 e. The zero-order valence-electron chi connectivity index (χ0n) is 26.1. The van der Waals surface area contributed by atoms with Crippen molar-refractivity contribution >= 4 is 53.3 Å². The van der Waals surface area contributed by atoms with Crippen molar-refractivity contribution in [2.75, 3.05) is 20.3 Å². The van der Waals surface area contributed by atoms with Gasteiger partial charge in [0.25, 0.3) is 5.91 Å². The number of methoxy groups -OCH3 is 1. The molecule has 1 fully saturated rings. The molecule has 0 radical (unpaired) electrons. The molecular weight excluding hydrogens is 650 g/mol. The van der Waals surface area contributed by atoms with Crippen LogP contribution in [0, 0.1) is 0 Å². The second kappa shape index (κ2) is 17.7. The summed E-state index contributed by atoms with van der Waals surface area (Å²) in [6.07, 6.45) is -7.58. The van der Waals surface area contributed by atoms with Crippen LogP contribution in [0.25, 0.3) is 10.4 Å². The molecule has 1 heterocycles. The predicted octanol–water partition coefficient (Wildman–Crippen LogP) is 0.810. The molecule has 256 valence electrons. The van der Waals surface area contributed by atoms with Crippen molar-refractivity contribution in [3.05, 3.63) is 45.3 Å². The molecule has 0 aliphatic carbocycles. The van der Waals surface area contributed by atoms with Crippen LogP contribution in [0.2, 0.25) is 5.02 Å². The van der Waals surface area contributed by atoms with Crippen LogP contribution in [0.5, 0.6) is 0 Å². The Morgan fingerprint density at radius 2 is 1.64 bits per heavy atom. The molecule has 6 atom stereocenters. The van der Waals surface area contributed by atoms with Crippen LogP contribution >= 0.6 is 11.6 Å². The van der Waals surface area contributed by atoms with E-state index in [-0.39, 0.29) is 6.42 Å². The first-order valence-corrected chi connectivity index (χ1v) is 14.3. The Hall–Kier alpha value is -4.93. The summed E-state index contributed by atoms with van der Waals surface area (Å²) < 4.78 is 31.8. The van der Waals surface area contributed by atoms with Crippen LogP contribution in [0.1, 0.15) is 39.7 Å². The van der Waals surface area contributed by atoms with E-state index in [2.05, 4.69) is 20.7 Å². The van der Waals surface area contributed by atoms with Gasteiger partial charge in [0.1, 0.15) is 12.2 Å². The fourth-order valence-electron chi connectivity index (χ4n) is 4.64. The fraction of sp³-hybridized carbons (Fsp3) is 0.536. The second-order valence-electron chi connectivity index (χ2n) is 10.1. The van der Waals surface area contributed by atoms with Crippen LogP contribution in [-0.2, 0) is 68.4 Å². The topological polar surface area (TPSA) is 248 Å². The van der Waals surface area contributed by atoms with E-state index in [0.717, 1.165) is 34.8 Å². The molecule has 0 aromatic heterocycles. The van der Waals surface area contributed by atoms with Gasteiger partial charge in [0.2, 0.25) is 11.6 Å². The van der Waals surface area contributed by atoms with E-state index >= 15 is 0 Å². The molecule has 1 aliphatic rings. The van der Waals surface area contributed by atoms with Crippen molar-refractivity contribution in [1.82, 2.24) is 10.6 Å². The molecule has 1 saturated heterocycles. The summed E-state index contributed by atoms with van der Waals surface area (Å²) in [5.41, 5.74) is 7.36. The normalized spacial score (nSPS) is 21.4. The SMILES string of the molecule is COC(=O)[C@@]1(N=[N+]=[N-])C[C@H](OC(C)=O)[C@@H](NC(=O)COC(C)=O)[C@H]([C@H](OC(C)=O)[C@@H](CNC(=O)Cc2ccc(Cl)cc2)OC(C)=O)O1. The number of halogens is 1. The van der Waals surface area contributed by atoms with Gasteiger partial charge < -0.3 is 39.1 Å². The Balaban J connectivity index is 2.64. The van der Waals surface area contributed by atoms with Gasteiger partial charge in [-0.25, -0.2) is 4.79 Å². The van der Waals surface area contributed by atoms with E-state index in [9.17, 15) is 39.1 Å². The maximum atomic E-state index is 13.0. The molecule has 2 amide bonds. The first-order valence-electron chi connectivity index (χ1n) is 13.9. The van der Waals surface area contributed by atoms with Gasteiger partial charge in [-0.1, -0.05) is 23.7 Å². The van der Waals surface area contributed by atoms with Crippen molar-refractivity contribution in [2.45, 2.75) is 76.7 Å². The third kappa shape index (κ3) is 11.7. The van der Waals surface area contributed by atoms with Crippen molar-refractivity contribution in [3.63, 3.8) is 0 Å². The zero-order valence-corrected chi connectivity index (χ0v) is 26.8. The van der Waals surface area contributed by atoms with Gasteiger partial charge in [0.15, 0.2) is 18.8 Å². The predicted molar refractivity (Wildman–Crippen MR) is 157 cm³/mol. The molecule has 18 nitrogen and oxygen atoms in total. The number of carbonyl (C=O) groups excluding carboxylic acids is 7. The van der Waals surface area contributed by atoms with Crippen LogP contribution in [0.15, 0.2) is 29.4 Å². The standard InChI is InChI=1S/C28H34ClN5O13/c1-14(35)43-13-23(40)32-24-20(44-15(2)36)11-28(33-34-30,27(41)42-5)47-26(24)25(46-17(4)38)21(45-16(3)37)12-31-22(39)10-18-6-8-19(29)9-7-18/h6-9,20-21,24-26H,10-13H2,1-5H3,(H,31,39)(H,32,40)/t20-,21+,24+,25+,26+,28+/m0/s1. The maximum Gasteiger partial charge on any atom is 0.344 e. The summed E-state index contributed by atoms with van der Waals surface area (Å²) in [5.74, 6) is -6.37. The molecule has 47 heavy (non-hydrogen) atoms. The van der Waals surface area contributed by atoms with Crippen molar-refractivity contribution in [2.24, 2.45) is 5.11 Å². The van der Waals surface area contributed by atoms with E-state index in [1.807, 2.05) is 0 Å². The number of azide groups is 1.